The number of halogens is 1. The highest BCUT2D eigenvalue weighted by Gasteiger charge is 2.27. The van der Waals surface area contributed by atoms with Gasteiger partial charge < -0.3 is 15.0 Å². The molecule has 2 amide bonds. The summed E-state index contributed by atoms with van der Waals surface area (Å²) in [5.74, 6) is 0.0807. The summed E-state index contributed by atoms with van der Waals surface area (Å²) in [7, 11) is -2.03. The van der Waals surface area contributed by atoms with E-state index in [1.807, 2.05) is 26.0 Å². The fraction of sp³-hybridized carbons (Fsp3) is 0.440. The first-order valence-electron chi connectivity index (χ1n) is 11.4. The van der Waals surface area contributed by atoms with Crippen molar-refractivity contribution in [3.05, 3.63) is 59.1 Å². The van der Waals surface area contributed by atoms with Gasteiger partial charge in [-0.05, 0) is 63.1 Å². The van der Waals surface area contributed by atoms with Crippen LogP contribution in [0.3, 0.4) is 0 Å². The molecule has 0 saturated carbocycles. The zero-order valence-electron chi connectivity index (χ0n) is 20.8. The van der Waals surface area contributed by atoms with E-state index < -0.39 is 16.1 Å². The lowest BCUT2D eigenvalue weighted by Gasteiger charge is -2.30. The van der Waals surface area contributed by atoms with Crippen molar-refractivity contribution in [1.82, 2.24) is 10.2 Å². The highest BCUT2D eigenvalue weighted by atomic mass is 35.5. The van der Waals surface area contributed by atoms with Gasteiger partial charge in [0.15, 0.2) is 0 Å². The fourth-order valence-electron chi connectivity index (χ4n) is 3.55. The summed E-state index contributed by atoms with van der Waals surface area (Å²) >= 11 is 6.31. The van der Waals surface area contributed by atoms with E-state index in [0.717, 1.165) is 11.8 Å². The van der Waals surface area contributed by atoms with E-state index in [1.165, 1.54) is 16.3 Å². The van der Waals surface area contributed by atoms with E-state index in [2.05, 4.69) is 5.32 Å². The van der Waals surface area contributed by atoms with Crippen molar-refractivity contribution < 1.29 is 22.7 Å². The normalized spacial score (nSPS) is 12.2. The minimum Gasteiger partial charge on any atom is -0.497 e. The number of amides is 2. The molecule has 2 aromatic carbocycles. The second-order valence-corrected chi connectivity index (χ2v) is 10.9. The van der Waals surface area contributed by atoms with Gasteiger partial charge in [0.05, 0.1) is 19.1 Å². The van der Waals surface area contributed by atoms with Crippen molar-refractivity contribution in [3.8, 4) is 5.75 Å². The van der Waals surface area contributed by atoms with Crippen molar-refractivity contribution in [2.75, 3.05) is 24.2 Å². The molecule has 0 saturated heterocycles. The lowest BCUT2D eigenvalue weighted by molar-refractivity contribution is -0.140. The zero-order chi connectivity index (χ0) is 26.2. The average Bonchev–Trinajstić information content (AvgIpc) is 2.79. The van der Waals surface area contributed by atoms with Crippen LogP contribution in [0.1, 0.15) is 39.2 Å². The molecule has 10 heteroatoms. The number of methoxy groups -OCH3 is 1. The maximum Gasteiger partial charge on any atom is 0.242 e. The maximum atomic E-state index is 13.3. The zero-order valence-corrected chi connectivity index (χ0v) is 22.4. The van der Waals surface area contributed by atoms with E-state index in [1.54, 1.807) is 43.3 Å². The van der Waals surface area contributed by atoms with Crippen molar-refractivity contribution in [1.29, 1.82) is 0 Å². The third-order valence-electron chi connectivity index (χ3n) is 5.41. The molecule has 0 aliphatic heterocycles. The van der Waals surface area contributed by atoms with Gasteiger partial charge >= 0.3 is 0 Å². The Morgan fingerprint density at radius 1 is 1.06 bits per heavy atom. The van der Waals surface area contributed by atoms with E-state index in [-0.39, 0.29) is 43.8 Å². The van der Waals surface area contributed by atoms with Gasteiger partial charge in [0.2, 0.25) is 21.8 Å². The quantitative estimate of drug-likeness (QED) is 0.456. The Kier molecular flexibility index (Phi) is 10.4. The Balaban J connectivity index is 2.17. The first kappa shape index (κ1) is 28.5. The molecule has 0 aliphatic rings. The van der Waals surface area contributed by atoms with Crippen LogP contribution >= 0.6 is 11.6 Å². The van der Waals surface area contributed by atoms with Crippen LogP contribution in [-0.4, -0.2) is 57.1 Å². The van der Waals surface area contributed by atoms with Crippen molar-refractivity contribution in [3.63, 3.8) is 0 Å². The number of benzene rings is 2. The van der Waals surface area contributed by atoms with Gasteiger partial charge in [-0.15, -0.1) is 0 Å². The first-order valence-corrected chi connectivity index (χ1v) is 13.6. The molecule has 0 fully saturated rings. The van der Waals surface area contributed by atoms with Crippen LogP contribution in [-0.2, 0) is 26.2 Å². The van der Waals surface area contributed by atoms with Crippen LogP contribution in [0.15, 0.2) is 48.5 Å². The van der Waals surface area contributed by atoms with Crippen LogP contribution in [0.4, 0.5) is 5.69 Å². The van der Waals surface area contributed by atoms with Gasteiger partial charge in [-0.1, -0.05) is 29.8 Å². The Morgan fingerprint density at radius 3 is 2.23 bits per heavy atom. The van der Waals surface area contributed by atoms with Crippen LogP contribution in [0.2, 0.25) is 5.02 Å². The lowest BCUT2D eigenvalue weighted by atomic mass is 10.1. The van der Waals surface area contributed by atoms with Gasteiger partial charge in [0, 0.05) is 30.6 Å². The molecule has 0 heterocycles. The number of anilines is 1. The minimum absolute atomic E-state index is 0.0614. The van der Waals surface area contributed by atoms with E-state index in [9.17, 15) is 18.0 Å². The Hall–Kier alpha value is -2.78. The standard InChI is InChI=1S/C25H34ClN3O5S/c1-18(2)27-25(31)19(3)28(17-20-9-6-7-10-23(20)26)24(30)11-8-16-29(35(5,32)33)21-12-14-22(34-4)15-13-21/h6-7,9-10,12-15,18-19H,8,11,16-17H2,1-5H3,(H,27,31)/t19-/m1/s1. The van der Waals surface area contributed by atoms with Gasteiger partial charge in [0.25, 0.3) is 0 Å². The molecule has 1 N–H and O–H groups in total. The molecule has 0 spiro atoms. The third kappa shape index (κ3) is 8.43. The Morgan fingerprint density at radius 2 is 1.69 bits per heavy atom. The smallest absolute Gasteiger partial charge is 0.242 e. The molecule has 0 unspecified atom stereocenters. The highest BCUT2D eigenvalue weighted by Crippen LogP contribution is 2.23. The molecular formula is C25H34ClN3O5S. The Bertz CT molecular complexity index is 1110. The SMILES string of the molecule is COc1ccc(N(CCCC(=O)N(Cc2ccccc2Cl)[C@H](C)C(=O)NC(C)C)S(C)(=O)=O)cc1. The predicted molar refractivity (Wildman–Crippen MR) is 139 cm³/mol. The summed E-state index contributed by atoms with van der Waals surface area (Å²) in [4.78, 5) is 27.4. The van der Waals surface area contributed by atoms with E-state index in [0.29, 0.717) is 16.5 Å². The lowest BCUT2D eigenvalue weighted by Crippen LogP contribution is -2.49. The van der Waals surface area contributed by atoms with Crippen LogP contribution in [0.5, 0.6) is 5.75 Å². The summed E-state index contributed by atoms with van der Waals surface area (Å²) in [6.45, 7) is 5.66. The van der Waals surface area contributed by atoms with Gasteiger partial charge in [-0.3, -0.25) is 13.9 Å². The van der Waals surface area contributed by atoms with Crippen molar-refractivity contribution in [2.24, 2.45) is 0 Å². The van der Waals surface area contributed by atoms with Crippen LogP contribution in [0, 0.1) is 0 Å². The average molecular weight is 524 g/mol. The number of rotatable bonds is 12. The highest BCUT2D eigenvalue weighted by molar-refractivity contribution is 7.92. The largest absolute Gasteiger partial charge is 0.497 e. The molecule has 0 bridgehead atoms. The molecule has 192 valence electrons. The molecule has 2 rings (SSSR count). The summed E-state index contributed by atoms with van der Waals surface area (Å²) in [5.41, 5.74) is 1.21. The second-order valence-electron chi connectivity index (χ2n) is 8.59. The summed E-state index contributed by atoms with van der Waals surface area (Å²) < 4.78 is 31.2. The number of nitrogens with zero attached hydrogens (tertiary/aromatic N) is 2. The minimum atomic E-state index is -3.57. The first-order chi connectivity index (χ1) is 16.4. The summed E-state index contributed by atoms with van der Waals surface area (Å²) in [5, 5.41) is 3.34. The molecule has 0 aromatic heterocycles. The van der Waals surface area contributed by atoms with Crippen LogP contribution in [0.25, 0.3) is 0 Å². The number of hydrogen-bond acceptors (Lipinski definition) is 5. The Labute approximate surface area is 213 Å². The van der Waals surface area contributed by atoms with E-state index in [4.69, 9.17) is 16.3 Å². The topological polar surface area (TPSA) is 96.0 Å². The second kappa shape index (κ2) is 12.8. The molecule has 35 heavy (non-hydrogen) atoms. The molecule has 1 atom stereocenters. The molecule has 8 nitrogen and oxygen atoms in total. The van der Waals surface area contributed by atoms with Gasteiger partial charge in [0.1, 0.15) is 11.8 Å². The maximum absolute atomic E-state index is 13.3. The molecule has 0 radical (unpaired) electrons. The van der Waals surface area contributed by atoms with Crippen molar-refractivity contribution in [2.45, 2.75) is 52.2 Å². The number of hydrogen-bond donors (Lipinski definition) is 1. The monoisotopic (exact) mass is 523 g/mol. The van der Waals surface area contributed by atoms with E-state index >= 15 is 0 Å². The van der Waals surface area contributed by atoms with Crippen LogP contribution < -0.4 is 14.4 Å². The summed E-state index contributed by atoms with van der Waals surface area (Å²) in [6, 6.07) is 13.0. The number of sulfonamides is 1. The summed E-state index contributed by atoms with van der Waals surface area (Å²) in [6.07, 6.45) is 1.46. The van der Waals surface area contributed by atoms with Gasteiger partial charge in [-0.2, -0.15) is 0 Å². The number of carbonyl (C=O) groups is 2. The number of carbonyl (C=O) groups excluding carboxylic acids is 2. The number of nitrogens with one attached hydrogen (secondary N) is 1. The molecule has 0 aliphatic carbocycles. The van der Waals surface area contributed by atoms with Gasteiger partial charge in [-0.25, -0.2) is 8.42 Å². The number of ether oxygens (including phenoxy) is 1. The fourth-order valence-corrected chi connectivity index (χ4v) is 4.71. The predicted octanol–water partition coefficient (Wildman–Crippen LogP) is 3.84. The molecular weight excluding hydrogens is 490 g/mol. The third-order valence-corrected chi connectivity index (χ3v) is 6.97. The van der Waals surface area contributed by atoms with Crippen molar-refractivity contribution >= 4 is 39.1 Å². The molecule has 2 aromatic rings.